The highest BCUT2D eigenvalue weighted by atomic mass is 16.6. The minimum absolute atomic E-state index is 0.0863. The maximum Gasteiger partial charge on any atom is 0.309 e. The molecule has 2 fully saturated rings. The Morgan fingerprint density at radius 2 is 1.79 bits per heavy atom. The van der Waals surface area contributed by atoms with Crippen LogP contribution in [0.25, 0.3) is 11.1 Å². The number of benzene rings is 2. The zero-order valence-electron chi connectivity index (χ0n) is 19.5. The SMILES string of the molecule is COc1ccc(-c2cccc3c2CNC3=O)c(OCC2(OC(=O)C3CCOCC3)CC2)c1OC. The molecule has 0 atom stereocenters. The van der Waals surface area contributed by atoms with Crippen LogP contribution in [0.5, 0.6) is 17.2 Å². The lowest BCUT2D eigenvalue weighted by atomic mass is 9.95. The van der Waals surface area contributed by atoms with E-state index >= 15 is 0 Å². The largest absolute Gasteiger partial charge is 0.493 e. The molecule has 1 aliphatic carbocycles. The summed E-state index contributed by atoms with van der Waals surface area (Å²) in [5.41, 5.74) is 2.61. The second-order valence-electron chi connectivity index (χ2n) is 8.97. The van der Waals surface area contributed by atoms with Crippen molar-refractivity contribution in [3.63, 3.8) is 0 Å². The van der Waals surface area contributed by atoms with Crippen LogP contribution in [-0.2, 0) is 20.8 Å². The average Bonchev–Trinajstić information content (AvgIpc) is 3.54. The molecule has 180 valence electrons. The first-order valence-corrected chi connectivity index (χ1v) is 11.6. The molecule has 3 aliphatic rings. The summed E-state index contributed by atoms with van der Waals surface area (Å²) in [5, 5.41) is 2.88. The van der Waals surface area contributed by atoms with Crippen molar-refractivity contribution < 1.29 is 33.3 Å². The number of carbonyl (C=O) groups excluding carboxylic acids is 2. The van der Waals surface area contributed by atoms with Crippen LogP contribution < -0.4 is 19.5 Å². The van der Waals surface area contributed by atoms with Gasteiger partial charge in [0.05, 0.1) is 20.1 Å². The van der Waals surface area contributed by atoms with Crippen LogP contribution in [0.3, 0.4) is 0 Å². The molecule has 0 bridgehead atoms. The molecule has 0 unspecified atom stereocenters. The van der Waals surface area contributed by atoms with Crippen molar-refractivity contribution in [2.75, 3.05) is 34.0 Å². The third kappa shape index (κ3) is 4.18. The predicted molar refractivity (Wildman–Crippen MR) is 123 cm³/mol. The number of nitrogens with one attached hydrogen (secondary N) is 1. The highest BCUT2D eigenvalue weighted by molar-refractivity contribution is 6.01. The third-order valence-electron chi connectivity index (χ3n) is 6.80. The van der Waals surface area contributed by atoms with Crippen LogP contribution in [0.4, 0.5) is 0 Å². The fourth-order valence-electron chi connectivity index (χ4n) is 4.61. The smallest absolute Gasteiger partial charge is 0.309 e. The molecule has 8 nitrogen and oxygen atoms in total. The predicted octanol–water partition coefficient (Wildman–Crippen LogP) is 3.50. The van der Waals surface area contributed by atoms with Gasteiger partial charge in [-0.25, -0.2) is 0 Å². The quantitative estimate of drug-likeness (QED) is 0.594. The normalized spacial score (nSPS) is 18.6. The zero-order chi connectivity index (χ0) is 23.7. The highest BCUT2D eigenvalue weighted by Crippen LogP contribution is 2.48. The molecule has 5 rings (SSSR count). The highest BCUT2D eigenvalue weighted by Gasteiger charge is 2.49. The Balaban J connectivity index is 1.43. The van der Waals surface area contributed by atoms with Gasteiger partial charge >= 0.3 is 5.97 Å². The van der Waals surface area contributed by atoms with Gasteiger partial charge < -0.3 is 29.0 Å². The molecule has 0 aromatic heterocycles. The molecule has 0 radical (unpaired) electrons. The van der Waals surface area contributed by atoms with Crippen LogP contribution >= 0.6 is 0 Å². The lowest BCUT2D eigenvalue weighted by Crippen LogP contribution is -2.33. The van der Waals surface area contributed by atoms with Gasteiger partial charge in [0, 0.05) is 30.9 Å². The van der Waals surface area contributed by atoms with E-state index in [1.54, 1.807) is 14.2 Å². The molecule has 1 amide bonds. The van der Waals surface area contributed by atoms with Crippen LogP contribution in [0.15, 0.2) is 30.3 Å². The van der Waals surface area contributed by atoms with Crippen LogP contribution in [0, 0.1) is 5.92 Å². The number of hydrogen-bond acceptors (Lipinski definition) is 7. The molecule has 2 aromatic rings. The Kier molecular flexibility index (Phi) is 6.08. The van der Waals surface area contributed by atoms with Gasteiger partial charge in [-0.15, -0.1) is 0 Å². The Bertz CT molecular complexity index is 1100. The Labute approximate surface area is 198 Å². The van der Waals surface area contributed by atoms with E-state index < -0.39 is 5.60 Å². The number of rotatable bonds is 8. The lowest BCUT2D eigenvalue weighted by Gasteiger charge is -2.25. The molecule has 2 aliphatic heterocycles. The first-order chi connectivity index (χ1) is 16.5. The van der Waals surface area contributed by atoms with Gasteiger partial charge in [0.15, 0.2) is 11.5 Å². The third-order valence-corrected chi connectivity index (χ3v) is 6.80. The summed E-state index contributed by atoms with van der Waals surface area (Å²) in [5.74, 6) is 1.12. The molecule has 2 aromatic carbocycles. The summed E-state index contributed by atoms with van der Waals surface area (Å²) in [4.78, 5) is 24.9. The van der Waals surface area contributed by atoms with Crippen molar-refractivity contribution in [2.45, 2.75) is 37.8 Å². The molecule has 34 heavy (non-hydrogen) atoms. The van der Waals surface area contributed by atoms with Gasteiger partial charge in [-0.05, 0) is 55.0 Å². The molecule has 1 N–H and O–H groups in total. The Morgan fingerprint density at radius 1 is 1.03 bits per heavy atom. The molecule has 0 spiro atoms. The van der Waals surface area contributed by atoms with Crippen molar-refractivity contribution in [1.29, 1.82) is 0 Å². The first kappa shape index (κ1) is 22.5. The van der Waals surface area contributed by atoms with Gasteiger partial charge in [-0.1, -0.05) is 12.1 Å². The fraction of sp³-hybridized carbons (Fsp3) is 0.462. The van der Waals surface area contributed by atoms with Crippen LogP contribution in [0.2, 0.25) is 0 Å². The minimum Gasteiger partial charge on any atom is -0.493 e. The summed E-state index contributed by atoms with van der Waals surface area (Å²) < 4.78 is 28.8. The number of ether oxygens (including phenoxy) is 5. The van der Waals surface area contributed by atoms with E-state index in [9.17, 15) is 9.59 Å². The van der Waals surface area contributed by atoms with Gasteiger partial charge in [-0.2, -0.15) is 0 Å². The average molecular weight is 468 g/mol. The molecular weight excluding hydrogens is 438 g/mol. The van der Waals surface area contributed by atoms with Crippen molar-refractivity contribution in [3.8, 4) is 28.4 Å². The minimum atomic E-state index is -0.628. The number of carbonyl (C=O) groups is 2. The van der Waals surface area contributed by atoms with Crippen molar-refractivity contribution in [3.05, 3.63) is 41.5 Å². The second-order valence-corrected chi connectivity index (χ2v) is 8.97. The topological polar surface area (TPSA) is 92.3 Å². The molecule has 2 heterocycles. The standard InChI is InChI=1S/C26H29NO7/c1-30-21-7-6-18(17-4-3-5-19-20(17)14-27-24(19)28)22(23(21)31-2)33-15-26(10-11-26)34-25(29)16-8-12-32-13-9-16/h3-7,16H,8-15H2,1-2H3,(H,27,28). The molecule has 8 heteroatoms. The summed E-state index contributed by atoms with van der Waals surface area (Å²) in [6.45, 7) is 1.84. The van der Waals surface area contributed by atoms with Gasteiger partial charge in [0.1, 0.15) is 12.2 Å². The van der Waals surface area contributed by atoms with E-state index in [1.165, 1.54) is 0 Å². The van der Waals surface area contributed by atoms with E-state index in [0.29, 0.717) is 55.4 Å². The van der Waals surface area contributed by atoms with E-state index in [4.69, 9.17) is 23.7 Å². The number of methoxy groups -OCH3 is 2. The van der Waals surface area contributed by atoms with Gasteiger partial charge in [-0.3, -0.25) is 9.59 Å². The van der Waals surface area contributed by atoms with Gasteiger partial charge in [0.25, 0.3) is 5.91 Å². The zero-order valence-corrected chi connectivity index (χ0v) is 19.5. The first-order valence-electron chi connectivity index (χ1n) is 11.6. The van der Waals surface area contributed by atoms with Crippen LogP contribution in [-0.4, -0.2) is 51.5 Å². The number of amides is 1. The fourth-order valence-corrected chi connectivity index (χ4v) is 4.61. The summed E-state index contributed by atoms with van der Waals surface area (Å²) >= 11 is 0. The number of esters is 1. The summed E-state index contributed by atoms with van der Waals surface area (Å²) in [6, 6.07) is 9.37. The van der Waals surface area contributed by atoms with E-state index in [2.05, 4.69) is 5.32 Å². The number of fused-ring (bicyclic) bond motifs is 1. The van der Waals surface area contributed by atoms with E-state index in [-0.39, 0.29) is 24.4 Å². The monoisotopic (exact) mass is 467 g/mol. The Hall–Kier alpha value is -3.26. The Morgan fingerprint density at radius 3 is 2.50 bits per heavy atom. The van der Waals surface area contributed by atoms with Crippen molar-refractivity contribution >= 4 is 11.9 Å². The lowest BCUT2D eigenvalue weighted by molar-refractivity contribution is -0.161. The van der Waals surface area contributed by atoms with Crippen molar-refractivity contribution in [2.24, 2.45) is 5.92 Å². The second kappa shape index (κ2) is 9.18. The molecule has 1 saturated carbocycles. The maximum absolute atomic E-state index is 12.7. The molecular formula is C26H29NO7. The van der Waals surface area contributed by atoms with E-state index in [1.807, 2.05) is 30.3 Å². The summed E-state index contributed by atoms with van der Waals surface area (Å²) in [6.07, 6.45) is 2.89. The van der Waals surface area contributed by atoms with Gasteiger partial charge in [0.2, 0.25) is 5.75 Å². The maximum atomic E-state index is 12.7. The van der Waals surface area contributed by atoms with Crippen molar-refractivity contribution in [1.82, 2.24) is 5.32 Å². The van der Waals surface area contributed by atoms with E-state index in [0.717, 1.165) is 29.5 Å². The summed E-state index contributed by atoms with van der Waals surface area (Å²) in [7, 11) is 3.13. The number of hydrogen-bond donors (Lipinski definition) is 1. The van der Waals surface area contributed by atoms with Crippen LogP contribution in [0.1, 0.15) is 41.6 Å². The molecule has 1 saturated heterocycles.